The van der Waals surface area contributed by atoms with Gasteiger partial charge in [0.2, 0.25) is 0 Å². The summed E-state index contributed by atoms with van der Waals surface area (Å²) >= 11 is 0. The third kappa shape index (κ3) is 3.03. The Kier molecular flexibility index (Phi) is 5.20. The summed E-state index contributed by atoms with van der Waals surface area (Å²) in [5.74, 6) is 0.115. The Morgan fingerprint density at radius 1 is 1.33 bits per heavy atom. The first-order valence-corrected chi connectivity index (χ1v) is 6.60. The summed E-state index contributed by atoms with van der Waals surface area (Å²) in [6.45, 7) is 6.22. The van der Waals surface area contributed by atoms with Gasteiger partial charge in [-0.05, 0) is 43.5 Å². The summed E-state index contributed by atoms with van der Waals surface area (Å²) in [5.41, 5.74) is 2.85. The molecule has 1 aromatic rings. The Morgan fingerprint density at radius 2 is 1.94 bits per heavy atom. The van der Waals surface area contributed by atoms with Crippen molar-refractivity contribution in [3.8, 4) is 0 Å². The van der Waals surface area contributed by atoms with E-state index in [-0.39, 0.29) is 5.91 Å². The van der Waals surface area contributed by atoms with Crippen LogP contribution in [0.1, 0.15) is 42.6 Å². The number of hydrogen-bond donors (Lipinski definition) is 1. The zero-order valence-electron chi connectivity index (χ0n) is 12.1. The molecule has 3 heteroatoms. The Hall–Kier alpha value is -1.51. The average molecular weight is 248 g/mol. The van der Waals surface area contributed by atoms with Crippen LogP contribution in [0.3, 0.4) is 0 Å². The van der Waals surface area contributed by atoms with Crippen molar-refractivity contribution in [1.82, 2.24) is 4.90 Å². The molecule has 1 rings (SSSR count). The van der Waals surface area contributed by atoms with Crippen molar-refractivity contribution in [2.45, 2.75) is 39.7 Å². The number of anilines is 1. The summed E-state index contributed by atoms with van der Waals surface area (Å²) in [6, 6.07) is 6.18. The molecule has 0 spiro atoms. The molecule has 0 fully saturated rings. The monoisotopic (exact) mass is 248 g/mol. The standard InChI is InChI=1S/C15H24N2O/c1-6-13(7-2)17(5)15(18)14-9-8-12(16-4)10-11(14)3/h8-10,13,16H,6-7H2,1-5H3. The van der Waals surface area contributed by atoms with Gasteiger partial charge in [0, 0.05) is 31.4 Å². The van der Waals surface area contributed by atoms with Crippen molar-refractivity contribution < 1.29 is 4.79 Å². The molecule has 0 aliphatic heterocycles. The Labute approximate surface area is 110 Å². The van der Waals surface area contributed by atoms with Crippen LogP contribution < -0.4 is 5.32 Å². The van der Waals surface area contributed by atoms with Gasteiger partial charge < -0.3 is 10.2 Å². The van der Waals surface area contributed by atoms with Gasteiger partial charge >= 0.3 is 0 Å². The van der Waals surface area contributed by atoms with Crippen LogP contribution in [0.5, 0.6) is 0 Å². The predicted octanol–water partition coefficient (Wildman–Crippen LogP) is 3.30. The summed E-state index contributed by atoms with van der Waals surface area (Å²) in [6.07, 6.45) is 1.98. The van der Waals surface area contributed by atoms with E-state index in [2.05, 4.69) is 19.2 Å². The number of hydrogen-bond acceptors (Lipinski definition) is 2. The van der Waals surface area contributed by atoms with E-state index in [0.29, 0.717) is 6.04 Å². The van der Waals surface area contributed by atoms with E-state index in [4.69, 9.17) is 0 Å². The Morgan fingerprint density at radius 3 is 2.39 bits per heavy atom. The number of nitrogens with zero attached hydrogens (tertiary/aromatic N) is 1. The quantitative estimate of drug-likeness (QED) is 0.867. The Balaban J connectivity index is 2.96. The van der Waals surface area contributed by atoms with Crippen LogP contribution in [-0.4, -0.2) is 30.9 Å². The van der Waals surface area contributed by atoms with Crippen LogP contribution in [0, 0.1) is 6.92 Å². The zero-order valence-corrected chi connectivity index (χ0v) is 12.1. The van der Waals surface area contributed by atoms with Crippen molar-refractivity contribution in [1.29, 1.82) is 0 Å². The van der Waals surface area contributed by atoms with E-state index < -0.39 is 0 Å². The first-order valence-electron chi connectivity index (χ1n) is 6.60. The molecular formula is C15H24N2O. The smallest absolute Gasteiger partial charge is 0.254 e. The second-order valence-electron chi connectivity index (χ2n) is 4.67. The lowest BCUT2D eigenvalue weighted by Gasteiger charge is -2.27. The lowest BCUT2D eigenvalue weighted by Crippen LogP contribution is -2.36. The lowest BCUT2D eigenvalue weighted by molar-refractivity contribution is 0.0723. The summed E-state index contributed by atoms with van der Waals surface area (Å²) < 4.78 is 0. The van der Waals surface area contributed by atoms with E-state index in [1.807, 2.05) is 44.1 Å². The molecule has 0 unspecified atom stereocenters. The number of rotatable bonds is 5. The van der Waals surface area contributed by atoms with Gasteiger partial charge in [-0.15, -0.1) is 0 Å². The molecular weight excluding hydrogens is 224 g/mol. The lowest BCUT2D eigenvalue weighted by atomic mass is 10.0. The van der Waals surface area contributed by atoms with E-state index in [1.165, 1.54) is 0 Å². The molecule has 100 valence electrons. The van der Waals surface area contributed by atoms with Crippen molar-refractivity contribution in [2.75, 3.05) is 19.4 Å². The molecule has 0 aromatic heterocycles. The molecule has 0 saturated carbocycles. The van der Waals surface area contributed by atoms with Gasteiger partial charge in [0.1, 0.15) is 0 Å². The molecule has 0 radical (unpaired) electrons. The number of carbonyl (C=O) groups is 1. The fraction of sp³-hybridized carbons (Fsp3) is 0.533. The highest BCUT2D eigenvalue weighted by molar-refractivity contribution is 5.96. The highest BCUT2D eigenvalue weighted by atomic mass is 16.2. The van der Waals surface area contributed by atoms with E-state index in [9.17, 15) is 4.79 Å². The maximum Gasteiger partial charge on any atom is 0.254 e. The fourth-order valence-corrected chi connectivity index (χ4v) is 2.25. The van der Waals surface area contributed by atoms with Crippen molar-refractivity contribution >= 4 is 11.6 Å². The van der Waals surface area contributed by atoms with Gasteiger partial charge in [0.15, 0.2) is 0 Å². The van der Waals surface area contributed by atoms with E-state index in [0.717, 1.165) is 29.7 Å². The first-order chi connectivity index (χ1) is 8.54. The normalized spacial score (nSPS) is 10.6. The minimum atomic E-state index is 0.115. The number of amides is 1. The van der Waals surface area contributed by atoms with E-state index >= 15 is 0 Å². The number of nitrogens with one attached hydrogen (secondary N) is 1. The van der Waals surface area contributed by atoms with Gasteiger partial charge in [-0.2, -0.15) is 0 Å². The van der Waals surface area contributed by atoms with Crippen LogP contribution in [-0.2, 0) is 0 Å². The van der Waals surface area contributed by atoms with Crippen LogP contribution in [0.25, 0.3) is 0 Å². The summed E-state index contributed by atoms with van der Waals surface area (Å²) in [7, 11) is 3.78. The maximum atomic E-state index is 12.4. The van der Waals surface area contributed by atoms with Gasteiger partial charge in [0.25, 0.3) is 5.91 Å². The predicted molar refractivity (Wildman–Crippen MR) is 77.2 cm³/mol. The highest BCUT2D eigenvalue weighted by Gasteiger charge is 2.19. The summed E-state index contributed by atoms with van der Waals surface area (Å²) in [4.78, 5) is 14.3. The molecule has 1 N–H and O–H groups in total. The molecule has 1 aromatic carbocycles. The van der Waals surface area contributed by atoms with Gasteiger partial charge in [-0.3, -0.25) is 4.79 Å². The van der Waals surface area contributed by atoms with E-state index in [1.54, 1.807) is 0 Å². The maximum absolute atomic E-state index is 12.4. The molecule has 3 nitrogen and oxygen atoms in total. The molecule has 18 heavy (non-hydrogen) atoms. The largest absolute Gasteiger partial charge is 0.388 e. The summed E-state index contributed by atoms with van der Waals surface area (Å²) in [5, 5.41) is 3.08. The minimum Gasteiger partial charge on any atom is -0.388 e. The zero-order chi connectivity index (χ0) is 13.7. The Bertz CT molecular complexity index is 411. The van der Waals surface area contributed by atoms with Crippen LogP contribution in [0.15, 0.2) is 18.2 Å². The third-order valence-electron chi connectivity index (χ3n) is 3.56. The molecule has 0 aliphatic carbocycles. The van der Waals surface area contributed by atoms with Crippen molar-refractivity contribution in [3.63, 3.8) is 0 Å². The number of benzene rings is 1. The highest BCUT2D eigenvalue weighted by Crippen LogP contribution is 2.18. The molecule has 0 aliphatic rings. The molecule has 0 saturated heterocycles. The second-order valence-corrected chi connectivity index (χ2v) is 4.67. The first kappa shape index (κ1) is 14.6. The van der Waals surface area contributed by atoms with Crippen LogP contribution in [0.2, 0.25) is 0 Å². The second kappa shape index (κ2) is 6.43. The molecule has 0 heterocycles. The average Bonchev–Trinajstić information content (AvgIpc) is 2.39. The van der Waals surface area contributed by atoms with Gasteiger partial charge in [-0.1, -0.05) is 13.8 Å². The van der Waals surface area contributed by atoms with Gasteiger partial charge in [-0.25, -0.2) is 0 Å². The SMILES string of the molecule is CCC(CC)N(C)C(=O)c1ccc(NC)cc1C. The van der Waals surface area contributed by atoms with Crippen LogP contribution in [0.4, 0.5) is 5.69 Å². The van der Waals surface area contributed by atoms with Crippen LogP contribution >= 0.6 is 0 Å². The van der Waals surface area contributed by atoms with Crippen molar-refractivity contribution in [3.05, 3.63) is 29.3 Å². The molecule has 0 atom stereocenters. The number of aryl methyl sites for hydroxylation is 1. The molecule has 1 amide bonds. The number of carbonyl (C=O) groups excluding carboxylic acids is 1. The topological polar surface area (TPSA) is 32.3 Å². The third-order valence-corrected chi connectivity index (χ3v) is 3.56. The van der Waals surface area contributed by atoms with Gasteiger partial charge in [0.05, 0.1) is 0 Å². The fourth-order valence-electron chi connectivity index (χ4n) is 2.25. The molecule has 0 bridgehead atoms. The van der Waals surface area contributed by atoms with Crippen molar-refractivity contribution in [2.24, 2.45) is 0 Å². The minimum absolute atomic E-state index is 0.115.